The maximum Gasteiger partial charge on any atom is 0.236 e. The fraction of sp³-hybridized carbons (Fsp3) is 0.500. The van der Waals surface area contributed by atoms with Crippen molar-refractivity contribution in [2.45, 2.75) is 18.5 Å². The summed E-state index contributed by atoms with van der Waals surface area (Å²) in [7, 11) is 0. The van der Waals surface area contributed by atoms with E-state index in [0.717, 1.165) is 6.42 Å². The summed E-state index contributed by atoms with van der Waals surface area (Å²) in [4.78, 5) is 13.5. The highest BCUT2D eigenvalue weighted by Gasteiger charge is 2.42. The smallest absolute Gasteiger partial charge is 0.236 e. The van der Waals surface area contributed by atoms with E-state index in [1.54, 1.807) is 17.0 Å². The molecule has 108 valence electrons. The number of nitrogens with two attached hydrogens (primary N) is 1. The van der Waals surface area contributed by atoms with E-state index in [-0.39, 0.29) is 36.3 Å². The van der Waals surface area contributed by atoms with Crippen molar-refractivity contribution in [1.82, 2.24) is 15.8 Å². The van der Waals surface area contributed by atoms with Crippen molar-refractivity contribution in [1.29, 1.82) is 0 Å². The van der Waals surface area contributed by atoms with Gasteiger partial charge in [-0.15, -0.1) is 0 Å². The predicted octanol–water partition coefficient (Wildman–Crippen LogP) is 0.150. The monoisotopic (exact) mass is 278 g/mol. The fourth-order valence-electron chi connectivity index (χ4n) is 3.19. The van der Waals surface area contributed by atoms with Gasteiger partial charge >= 0.3 is 0 Å². The molecule has 0 radical (unpaired) electrons. The second-order valence-electron chi connectivity index (χ2n) is 5.39. The van der Waals surface area contributed by atoms with Crippen LogP contribution < -0.4 is 16.6 Å². The molecule has 2 heterocycles. The lowest BCUT2D eigenvalue weighted by molar-refractivity contribution is -0.131. The van der Waals surface area contributed by atoms with Crippen LogP contribution in [0, 0.1) is 11.7 Å². The Morgan fingerprint density at radius 2 is 2.20 bits per heavy atom. The van der Waals surface area contributed by atoms with Crippen LogP contribution >= 0.6 is 0 Å². The summed E-state index contributed by atoms with van der Waals surface area (Å²) in [6.45, 7) is 1.35. The Labute approximate surface area is 117 Å². The van der Waals surface area contributed by atoms with Gasteiger partial charge in [0.05, 0.1) is 12.6 Å². The highest BCUT2D eigenvalue weighted by molar-refractivity contribution is 5.78. The summed E-state index contributed by atoms with van der Waals surface area (Å²) in [5.41, 5.74) is 12.5. The number of hydrogen-bond acceptors (Lipinski definition) is 4. The topological polar surface area (TPSA) is 70.4 Å². The fourth-order valence-corrected chi connectivity index (χ4v) is 3.19. The van der Waals surface area contributed by atoms with Gasteiger partial charge in [-0.05, 0) is 12.5 Å². The maximum absolute atomic E-state index is 14.0. The van der Waals surface area contributed by atoms with E-state index in [2.05, 4.69) is 10.9 Å². The van der Waals surface area contributed by atoms with Crippen molar-refractivity contribution in [3.8, 4) is 0 Å². The van der Waals surface area contributed by atoms with Crippen molar-refractivity contribution in [2.24, 2.45) is 11.7 Å². The minimum absolute atomic E-state index is 0.0304. The summed E-state index contributed by atoms with van der Waals surface area (Å²) in [6.07, 6.45) is 0.856. The molecule has 1 amide bonds. The normalized spacial score (nSPS) is 29.3. The number of halogens is 1. The molecule has 6 heteroatoms. The summed E-state index contributed by atoms with van der Waals surface area (Å²) >= 11 is 0. The van der Waals surface area contributed by atoms with Gasteiger partial charge in [-0.2, -0.15) is 0 Å². The Morgan fingerprint density at radius 1 is 1.40 bits per heavy atom. The number of benzene rings is 1. The zero-order valence-electron chi connectivity index (χ0n) is 11.2. The van der Waals surface area contributed by atoms with Gasteiger partial charge in [0.1, 0.15) is 5.82 Å². The number of hydrogen-bond donors (Lipinski definition) is 3. The average Bonchev–Trinajstić information content (AvgIpc) is 2.90. The van der Waals surface area contributed by atoms with E-state index in [1.807, 2.05) is 6.07 Å². The molecule has 2 fully saturated rings. The number of carbonyl (C=O) groups is 1. The molecule has 3 unspecified atom stereocenters. The second-order valence-corrected chi connectivity index (χ2v) is 5.39. The van der Waals surface area contributed by atoms with Gasteiger partial charge in [-0.25, -0.2) is 9.82 Å². The van der Waals surface area contributed by atoms with Crippen molar-refractivity contribution in [3.63, 3.8) is 0 Å². The molecule has 20 heavy (non-hydrogen) atoms. The minimum atomic E-state index is -0.213. The number of piperidine rings is 1. The number of nitrogens with one attached hydrogen (secondary N) is 2. The third-order valence-electron chi connectivity index (χ3n) is 4.28. The first kappa shape index (κ1) is 13.5. The van der Waals surface area contributed by atoms with Crippen LogP contribution in [0.1, 0.15) is 18.0 Å². The van der Waals surface area contributed by atoms with Crippen LogP contribution in [0.25, 0.3) is 0 Å². The van der Waals surface area contributed by atoms with Crippen LogP contribution in [0.15, 0.2) is 24.3 Å². The molecule has 0 bridgehead atoms. The highest BCUT2D eigenvalue weighted by atomic mass is 19.1. The zero-order chi connectivity index (χ0) is 14.1. The SMILES string of the molecule is NCC(=O)N1CCC2NNC(c3ccccc3F)C2C1. The number of hydrazine groups is 1. The molecule has 3 rings (SSSR count). The Bertz CT molecular complexity index is 510. The average molecular weight is 278 g/mol. The van der Waals surface area contributed by atoms with Crippen LogP contribution in [0.5, 0.6) is 0 Å². The van der Waals surface area contributed by atoms with Gasteiger partial charge in [0.25, 0.3) is 0 Å². The number of rotatable bonds is 2. The second kappa shape index (κ2) is 5.47. The molecule has 1 aromatic rings. The van der Waals surface area contributed by atoms with E-state index in [4.69, 9.17) is 5.73 Å². The molecule has 2 aliphatic heterocycles. The first-order valence-electron chi connectivity index (χ1n) is 6.94. The summed E-state index contributed by atoms with van der Waals surface area (Å²) < 4.78 is 14.0. The van der Waals surface area contributed by atoms with Gasteiger partial charge in [0, 0.05) is 30.6 Å². The summed E-state index contributed by atoms with van der Waals surface area (Å²) in [5.74, 6) is -0.0893. The Kier molecular flexibility index (Phi) is 3.69. The molecule has 5 nitrogen and oxygen atoms in total. The van der Waals surface area contributed by atoms with E-state index >= 15 is 0 Å². The molecule has 0 spiro atoms. The lowest BCUT2D eigenvalue weighted by Crippen LogP contribution is -2.49. The molecule has 0 aromatic heterocycles. The van der Waals surface area contributed by atoms with Crippen LogP contribution in [-0.2, 0) is 4.79 Å². The van der Waals surface area contributed by atoms with Crippen molar-refractivity contribution in [3.05, 3.63) is 35.6 Å². The standard InChI is InChI=1S/C14H19FN4O/c15-11-4-2-1-3-9(11)14-10-8-19(13(20)7-16)6-5-12(10)17-18-14/h1-4,10,12,14,17-18H,5-8,16H2. The van der Waals surface area contributed by atoms with Crippen LogP contribution in [-0.4, -0.2) is 36.5 Å². The van der Waals surface area contributed by atoms with Gasteiger partial charge in [-0.1, -0.05) is 18.2 Å². The number of amides is 1. The van der Waals surface area contributed by atoms with Crippen LogP contribution in [0.3, 0.4) is 0 Å². The number of likely N-dealkylation sites (tertiary alicyclic amines) is 1. The summed E-state index contributed by atoms with van der Waals surface area (Å²) in [6, 6.07) is 6.93. The molecule has 3 atom stereocenters. The number of nitrogens with zero attached hydrogens (tertiary/aromatic N) is 1. The molecule has 1 aromatic carbocycles. The lowest BCUT2D eigenvalue weighted by atomic mass is 9.85. The van der Waals surface area contributed by atoms with E-state index < -0.39 is 0 Å². The lowest BCUT2D eigenvalue weighted by Gasteiger charge is -2.36. The quantitative estimate of drug-likeness (QED) is 0.720. The molecule has 4 N–H and O–H groups in total. The predicted molar refractivity (Wildman–Crippen MR) is 72.9 cm³/mol. The Morgan fingerprint density at radius 3 is 2.95 bits per heavy atom. The van der Waals surface area contributed by atoms with Crippen LogP contribution in [0.2, 0.25) is 0 Å². The molecule has 0 saturated carbocycles. The van der Waals surface area contributed by atoms with Gasteiger partial charge in [-0.3, -0.25) is 10.2 Å². The third-order valence-corrected chi connectivity index (χ3v) is 4.28. The van der Waals surface area contributed by atoms with Gasteiger partial charge < -0.3 is 10.6 Å². The first-order chi connectivity index (χ1) is 9.70. The van der Waals surface area contributed by atoms with Crippen molar-refractivity contribution >= 4 is 5.91 Å². The van der Waals surface area contributed by atoms with Crippen LogP contribution in [0.4, 0.5) is 4.39 Å². The number of carbonyl (C=O) groups excluding carboxylic acids is 1. The molecular formula is C14H19FN4O. The summed E-state index contributed by atoms with van der Waals surface area (Å²) in [5, 5.41) is 0. The van der Waals surface area contributed by atoms with Crippen molar-refractivity contribution in [2.75, 3.05) is 19.6 Å². The molecule has 0 aliphatic carbocycles. The first-order valence-corrected chi connectivity index (χ1v) is 6.94. The molecular weight excluding hydrogens is 259 g/mol. The Balaban J connectivity index is 1.81. The van der Waals surface area contributed by atoms with Gasteiger partial charge in [0.2, 0.25) is 5.91 Å². The highest BCUT2D eigenvalue weighted by Crippen LogP contribution is 2.34. The molecule has 2 saturated heterocycles. The van der Waals surface area contributed by atoms with Gasteiger partial charge in [0.15, 0.2) is 0 Å². The zero-order valence-corrected chi connectivity index (χ0v) is 11.2. The van der Waals surface area contributed by atoms with E-state index in [9.17, 15) is 9.18 Å². The molecule has 2 aliphatic rings. The third kappa shape index (κ3) is 2.30. The largest absolute Gasteiger partial charge is 0.341 e. The van der Waals surface area contributed by atoms with E-state index in [0.29, 0.717) is 18.7 Å². The Hall–Kier alpha value is -1.50. The van der Waals surface area contributed by atoms with Crippen molar-refractivity contribution < 1.29 is 9.18 Å². The van der Waals surface area contributed by atoms with E-state index in [1.165, 1.54) is 6.07 Å². The number of fused-ring (bicyclic) bond motifs is 1. The minimum Gasteiger partial charge on any atom is -0.341 e. The maximum atomic E-state index is 14.0.